The highest BCUT2D eigenvalue weighted by Crippen LogP contribution is 2.28. The van der Waals surface area contributed by atoms with Gasteiger partial charge in [0, 0.05) is 23.2 Å². The number of rotatable bonds is 8. The smallest absolute Gasteiger partial charge is 0.250 e. The Morgan fingerprint density at radius 3 is 2.90 bits per heavy atom. The van der Waals surface area contributed by atoms with E-state index in [4.69, 9.17) is 0 Å². The van der Waals surface area contributed by atoms with Gasteiger partial charge in [-0.25, -0.2) is 13.1 Å². The lowest BCUT2D eigenvalue weighted by Gasteiger charge is -2.09. The molecule has 0 aromatic carbocycles. The van der Waals surface area contributed by atoms with Crippen LogP contribution < -0.4 is 10.0 Å². The molecule has 4 nitrogen and oxygen atoms in total. The minimum atomic E-state index is -3.35. The third-order valence-corrected chi connectivity index (χ3v) is 8.03. The molecule has 0 saturated carbocycles. The molecule has 1 unspecified atom stereocenters. The average Bonchev–Trinajstić information content (AvgIpc) is 3.07. The van der Waals surface area contributed by atoms with Crippen molar-refractivity contribution in [3.8, 4) is 0 Å². The van der Waals surface area contributed by atoms with E-state index in [1.54, 1.807) is 6.07 Å². The van der Waals surface area contributed by atoms with Gasteiger partial charge in [0.25, 0.3) is 0 Å². The molecule has 2 rings (SSSR count). The maximum absolute atomic E-state index is 12.4. The molecule has 1 atom stereocenters. The summed E-state index contributed by atoms with van der Waals surface area (Å²) in [7, 11) is -3.35. The van der Waals surface area contributed by atoms with Gasteiger partial charge in [-0.2, -0.15) is 11.8 Å². The molecule has 1 aromatic heterocycles. The van der Waals surface area contributed by atoms with Crippen LogP contribution in [0.2, 0.25) is 0 Å². The molecule has 0 aliphatic carbocycles. The van der Waals surface area contributed by atoms with Crippen molar-refractivity contribution in [1.82, 2.24) is 10.0 Å². The Morgan fingerprint density at radius 2 is 2.24 bits per heavy atom. The molecule has 2 heterocycles. The number of aryl methyl sites for hydroxylation is 1. The number of thioether (sulfide) groups is 1. The fourth-order valence-electron chi connectivity index (χ4n) is 2.25. The summed E-state index contributed by atoms with van der Waals surface area (Å²) in [6, 6.07) is 1.79. The lowest BCUT2D eigenvalue weighted by atomic mass is 10.2. The van der Waals surface area contributed by atoms with E-state index in [9.17, 15) is 8.42 Å². The number of thiophene rings is 1. The molecule has 1 aromatic rings. The predicted molar refractivity (Wildman–Crippen MR) is 91.7 cm³/mol. The highest BCUT2D eigenvalue weighted by Gasteiger charge is 2.22. The Bertz CT molecular complexity index is 549. The van der Waals surface area contributed by atoms with Gasteiger partial charge in [0.15, 0.2) is 0 Å². The fraction of sp³-hybridized carbons (Fsp3) is 0.714. The predicted octanol–water partition coefficient (Wildman–Crippen LogP) is 2.73. The van der Waals surface area contributed by atoms with Crippen LogP contribution in [0.1, 0.15) is 36.6 Å². The van der Waals surface area contributed by atoms with Gasteiger partial charge in [0.05, 0.1) is 0 Å². The van der Waals surface area contributed by atoms with E-state index in [0.717, 1.165) is 42.1 Å². The molecule has 0 amide bonds. The Morgan fingerprint density at radius 1 is 1.43 bits per heavy atom. The SMILES string of the molecule is CCCNCc1sc(S(=O)(=O)NCC2CCCS2)cc1C. The van der Waals surface area contributed by atoms with Crippen LogP contribution in [-0.4, -0.2) is 32.5 Å². The lowest BCUT2D eigenvalue weighted by Crippen LogP contribution is -2.29. The zero-order chi connectivity index (χ0) is 15.3. The number of hydrogen-bond acceptors (Lipinski definition) is 5. The first-order valence-electron chi connectivity index (χ1n) is 7.44. The Hall–Kier alpha value is -0.0800. The highest BCUT2D eigenvalue weighted by atomic mass is 32.2. The molecule has 0 bridgehead atoms. The van der Waals surface area contributed by atoms with Crippen molar-refractivity contribution in [1.29, 1.82) is 0 Å². The fourth-order valence-corrected chi connectivity index (χ4v) is 6.25. The Kier molecular flexibility index (Phi) is 6.55. The van der Waals surface area contributed by atoms with E-state index in [0.29, 0.717) is 16.0 Å². The van der Waals surface area contributed by atoms with Crippen molar-refractivity contribution in [2.75, 3.05) is 18.8 Å². The van der Waals surface area contributed by atoms with Crippen LogP contribution in [0.5, 0.6) is 0 Å². The van der Waals surface area contributed by atoms with Crippen LogP contribution >= 0.6 is 23.1 Å². The van der Waals surface area contributed by atoms with E-state index in [-0.39, 0.29) is 0 Å². The van der Waals surface area contributed by atoms with Gasteiger partial charge < -0.3 is 5.32 Å². The molecule has 1 aliphatic rings. The maximum atomic E-state index is 12.4. The van der Waals surface area contributed by atoms with E-state index in [1.807, 2.05) is 18.7 Å². The monoisotopic (exact) mass is 348 g/mol. The second kappa shape index (κ2) is 7.97. The summed E-state index contributed by atoms with van der Waals surface area (Å²) in [6.45, 7) is 6.35. The van der Waals surface area contributed by atoms with Gasteiger partial charge in [0.1, 0.15) is 4.21 Å². The average molecular weight is 349 g/mol. The summed E-state index contributed by atoms with van der Waals surface area (Å²) < 4.78 is 27.9. The van der Waals surface area contributed by atoms with Gasteiger partial charge in [-0.05, 0) is 50.1 Å². The summed E-state index contributed by atoms with van der Waals surface area (Å²) in [5, 5.41) is 3.76. The van der Waals surface area contributed by atoms with Crippen LogP contribution in [0.3, 0.4) is 0 Å². The molecule has 1 aliphatic heterocycles. The molecule has 2 N–H and O–H groups in total. The van der Waals surface area contributed by atoms with Gasteiger partial charge in [0.2, 0.25) is 10.0 Å². The molecule has 1 saturated heterocycles. The minimum Gasteiger partial charge on any atom is -0.312 e. The molecule has 1 fully saturated rings. The first-order chi connectivity index (χ1) is 10.0. The maximum Gasteiger partial charge on any atom is 0.250 e. The van der Waals surface area contributed by atoms with Crippen molar-refractivity contribution in [2.24, 2.45) is 0 Å². The molecular formula is C14H24N2O2S3. The first kappa shape index (κ1) is 17.3. The minimum absolute atomic E-state index is 0.437. The summed E-state index contributed by atoms with van der Waals surface area (Å²) in [5.41, 5.74) is 1.05. The summed E-state index contributed by atoms with van der Waals surface area (Å²) >= 11 is 3.25. The van der Waals surface area contributed by atoms with E-state index >= 15 is 0 Å². The first-order valence-corrected chi connectivity index (χ1v) is 10.8. The summed E-state index contributed by atoms with van der Waals surface area (Å²) in [6.07, 6.45) is 3.39. The number of nitrogens with one attached hydrogen (secondary N) is 2. The van der Waals surface area contributed by atoms with Crippen molar-refractivity contribution < 1.29 is 8.42 Å². The molecule has 0 radical (unpaired) electrons. The zero-order valence-electron chi connectivity index (χ0n) is 12.6. The van der Waals surface area contributed by atoms with Gasteiger partial charge in [-0.3, -0.25) is 0 Å². The van der Waals surface area contributed by atoms with Gasteiger partial charge in [-0.1, -0.05) is 6.92 Å². The topological polar surface area (TPSA) is 58.2 Å². The molecule has 120 valence electrons. The van der Waals surface area contributed by atoms with Gasteiger partial charge in [-0.15, -0.1) is 11.3 Å². The largest absolute Gasteiger partial charge is 0.312 e. The van der Waals surface area contributed by atoms with Crippen LogP contribution in [0.15, 0.2) is 10.3 Å². The van der Waals surface area contributed by atoms with Crippen LogP contribution in [0.25, 0.3) is 0 Å². The number of sulfonamides is 1. The third kappa shape index (κ3) is 4.96. The standard InChI is InChI=1S/C14H24N2O2S3/c1-3-6-15-10-13-11(2)8-14(20-13)21(17,18)16-9-12-5-4-7-19-12/h8,12,15-16H,3-7,9-10H2,1-2H3. The van der Waals surface area contributed by atoms with Crippen molar-refractivity contribution in [2.45, 2.75) is 49.1 Å². The van der Waals surface area contributed by atoms with E-state index < -0.39 is 10.0 Å². The second-order valence-corrected chi connectivity index (χ2v) is 9.87. The quantitative estimate of drug-likeness (QED) is 0.709. The highest BCUT2D eigenvalue weighted by molar-refractivity contribution is 8.00. The van der Waals surface area contributed by atoms with Crippen molar-refractivity contribution >= 4 is 33.1 Å². The lowest BCUT2D eigenvalue weighted by molar-refractivity contribution is 0.581. The van der Waals surface area contributed by atoms with Crippen molar-refractivity contribution in [3.63, 3.8) is 0 Å². The van der Waals surface area contributed by atoms with Crippen LogP contribution in [0, 0.1) is 6.92 Å². The number of hydrogen-bond donors (Lipinski definition) is 2. The zero-order valence-corrected chi connectivity index (χ0v) is 15.1. The second-order valence-electron chi connectivity index (χ2n) is 5.34. The van der Waals surface area contributed by atoms with Crippen LogP contribution in [-0.2, 0) is 16.6 Å². The molecule has 21 heavy (non-hydrogen) atoms. The Labute approximate surface area is 136 Å². The molecule has 0 spiro atoms. The molecule has 7 heteroatoms. The van der Waals surface area contributed by atoms with E-state index in [1.165, 1.54) is 17.8 Å². The molecular weight excluding hydrogens is 324 g/mol. The Balaban J connectivity index is 1.96. The van der Waals surface area contributed by atoms with Gasteiger partial charge >= 0.3 is 0 Å². The van der Waals surface area contributed by atoms with Crippen LogP contribution in [0.4, 0.5) is 0 Å². The summed E-state index contributed by atoms with van der Waals surface area (Å²) in [5.74, 6) is 1.15. The van der Waals surface area contributed by atoms with Crippen molar-refractivity contribution in [3.05, 3.63) is 16.5 Å². The third-order valence-electron chi connectivity index (χ3n) is 3.50. The normalized spacial score (nSPS) is 19.2. The van der Waals surface area contributed by atoms with E-state index in [2.05, 4.69) is 17.0 Å². The summed E-state index contributed by atoms with van der Waals surface area (Å²) in [4.78, 5) is 1.11.